The maximum atomic E-state index is 12.3. The van der Waals surface area contributed by atoms with E-state index in [1.807, 2.05) is 51.3 Å². The highest BCUT2D eigenvalue weighted by Crippen LogP contribution is 2.17. The molecule has 0 aliphatic heterocycles. The zero-order valence-corrected chi connectivity index (χ0v) is 19.0. The van der Waals surface area contributed by atoms with Gasteiger partial charge in [0.2, 0.25) is 0 Å². The smallest absolute Gasteiger partial charge is 0.306 e. The Kier molecular flexibility index (Phi) is 9.11. The standard InChI is InChI=1S/C22H29N3O4S/c1-6-28-18-9-7-17(8-10-18)13-25(4)20(26)14-29-21(27)12-11-19-15(2)23-22(30-5)24-16(19)3/h7-10H,6,11-14H2,1-5H3. The van der Waals surface area contributed by atoms with Gasteiger partial charge in [-0.15, -0.1) is 0 Å². The van der Waals surface area contributed by atoms with E-state index in [1.165, 1.54) is 16.7 Å². The molecule has 0 atom stereocenters. The third-order valence-corrected chi connectivity index (χ3v) is 5.15. The lowest BCUT2D eigenvalue weighted by Gasteiger charge is -2.17. The predicted molar refractivity (Wildman–Crippen MR) is 117 cm³/mol. The number of aromatic nitrogens is 2. The highest BCUT2D eigenvalue weighted by Gasteiger charge is 2.15. The molecule has 0 saturated carbocycles. The molecule has 1 aromatic carbocycles. The van der Waals surface area contributed by atoms with Crippen molar-refractivity contribution in [1.29, 1.82) is 0 Å². The number of aryl methyl sites for hydroxylation is 2. The van der Waals surface area contributed by atoms with Crippen LogP contribution in [0.5, 0.6) is 5.75 Å². The van der Waals surface area contributed by atoms with Gasteiger partial charge in [0.25, 0.3) is 5.91 Å². The first kappa shape index (κ1) is 23.7. The van der Waals surface area contributed by atoms with Crippen LogP contribution in [0.25, 0.3) is 0 Å². The summed E-state index contributed by atoms with van der Waals surface area (Å²) in [7, 11) is 1.68. The number of hydrogen-bond donors (Lipinski definition) is 0. The number of esters is 1. The molecule has 0 fully saturated rings. The average Bonchev–Trinajstić information content (AvgIpc) is 2.72. The molecule has 0 saturated heterocycles. The lowest BCUT2D eigenvalue weighted by Crippen LogP contribution is -2.30. The van der Waals surface area contributed by atoms with Crippen LogP contribution >= 0.6 is 11.8 Å². The number of benzene rings is 1. The number of ether oxygens (including phenoxy) is 2. The number of carbonyl (C=O) groups is 2. The summed E-state index contributed by atoms with van der Waals surface area (Å²) in [5.41, 5.74) is 3.65. The highest BCUT2D eigenvalue weighted by molar-refractivity contribution is 7.98. The summed E-state index contributed by atoms with van der Waals surface area (Å²) < 4.78 is 10.6. The van der Waals surface area contributed by atoms with Crippen LogP contribution in [0.15, 0.2) is 29.4 Å². The van der Waals surface area contributed by atoms with E-state index in [0.717, 1.165) is 33.4 Å². The molecular formula is C22H29N3O4S. The largest absolute Gasteiger partial charge is 0.494 e. The van der Waals surface area contributed by atoms with Crippen molar-refractivity contribution >= 4 is 23.6 Å². The zero-order chi connectivity index (χ0) is 22.1. The fraction of sp³-hybridized carbons (Fsp3) is 0.455. The van der Waals surface area contributed by atoms with E-state index in [0.29, 0.717) is 19.6 Å². The molecule has 0 aliphatic rings. The van der Waals surface area contributed by atoms with Gasteiger partial charge in [0.1, 0.15) is 5.75 Å². The molecule has 8 heteroatoms. The maximum Gasteiger partial charge on any atom is 0.306 e. The SMILES string of the molecule is CCOc1ccc(CN(C)C(=O)COC(=O)CCc2c(C)nc(SC)nc2C)cc1. The third kappa shape index (κ3) is 7.02. The van der Waals surface area contributed by atoms with Crippen LogP contribution in [0, 0.1) is 13.8 Å². The van der Waals surface area contributed by atoms with Crippen molar-refractivity contribution in [3.63, 3.8) is 0 Å². The minimum Gasteiger partial charge on any atom is -0.494 e. The molecule has 7 nitrogen and oxygen atoms in total. The fourth-order valence-electron chi connectivity index (χ4n) is 2.93. The first-order valence-corrected chi connectivity index (χ1v) is 11.1. The molecule has 162 valence electrons. The molecule has 0 unspecified atom stereocenters. The molecule has 0 N–H and O–H groups in total. The molecule has 0 bridgehead atoms. The number of thioether (sulfide) groups is 1. The Morgan fingerprint density at radius 1 is 1.10 bits per heavy atom. The van der Waals surface area contributed by atoms with Crippen LogP contribution in [-0.4, -0.2) is 53.3 Å². The van der Waals surface area contributed by atoms with Gasteiger partial charge in [-0.1, -0.05) is 23.9 Å². The molecule has 30 heavy (non-hydrogen) atoms. The van der Waals surface area contributed by atoms with Crippen LogP contribution < -0.4 is 4.74 Å². The summed E-state index contributed by atoms with van der Waals surface area (Å²) in [6.07, 6.45) is 2.59. The minimum atomic E-state index is -0.412. The van der Waals surface area contributed by atoms with Gasteiger partial charge in [-0.05, 0) is 56.7 Å². The van der Waals surface area contributed by atoms with Gasteiger partial charge in [0.15, 0.2) is 11.8 Å². The van der Waals surface area contributed by atoms with Gasteiger partial charge in [-0.25, -0.2) is 9.97 Å². The Balaban J connectivity index is 1.79. The summed E-state index contributed by atoms with van der Waals surface area (Å²) in [5, 5.41) is 0.720. The molecule has 2 rings (SSSR count). The molecule has 1 aromatic heterocycles. The van der Waals surface area contributed by atoms with Crippen molar-refractivity contribution in [1.82, 2.24) is 14.9 Å². The van der Waals surface area contributed by atoms with E-state index in [2.05, 4.69) is 9.97 Å². The van der Waals surface area contributed by atoms with Crippen molar-refractivity contribution in [3.8, 4) is 5.75 Å². The third-order valence-electron chi connectivity index (χ3n) is 4.60. The van der Waals surface area contributed by atoms with E-state index in [4.69, 9.17) is 9.47 Å². The van der Waals surface area contributed by atoms with E-state index >= 15 is 0 Å². The van der Waals surface area contributed by atoms with Gasteiger partial charge in [-0.2, -0.15) is 0 Å². The Labute approximate surface area is 182 Å². The highest BCUT2D eigenvalue weighted by atomic mass is 32.2. The van der Waals surface area contributed by atoms with E-state index in [-0.39, 0.29) is 18.9 Å². The van der Waals surface area contributed by atoms with Gasteiger partial charge in [0.05, 0.1) is 6.61 Å². The molecule has 1 heterocycles. The average molecular weight is 432 g/mol. The van der Waals surface area contributed by atoms with Gasteiger partial charge in [0, 0.05) is 31.4 Å². The lowest BCUT2D eigenvalue weighted by atomic mass is 10.1. The second kappa shape index (κ2) is 11.5. The fourth-order valence-corrected chi connectivity index (χ4v) is 3.39. The van der Waals surface area contributed by atoms with Crippen molar-refractivity contribution in [3.05, 3.63) is 46.8 Å². The lowest BCUT2D eigenvalue weighted by molar-refractivity contribution is -0.151. The number of nitrogens with zero attached hydrogens (tertiary/aromatic N) is 3. The first-order valence-electron chi connectivity index (χ1n) is 9.83. The van der Waals surface area contributed by atoms with E-state index in [9.17, 15) is 9.59 Å². The molecule has 0 spiro atoms. The summed E-state index contributed by atoms with van der Waals surface area (Å²) in [6.45, 7) is 6.52. The number of rotatable bonds is 10. The zero-order valence-electron chi connectivity index (χ0n) is 18.2. The predicted octanol–water partition coefficient (Wildman–Crippen LogP) is 3.35. The van der Waals surface area contributed by atoms with E-state index in [1.54, 1.807) is 7.05 Å². The van der Waals surface area contributed by atoms with Crippen LogP contribution in [0.2, 0.25) is 0 Å². The van der Waals surface area contributed by atoms with Crippen molar-refractivity contribution < 1.29 is 19.1 Å². The van der Waals surface area contributed by atoms with Crippen LogP contribution in [0.1, 0.15) is 35.9 Å². The topological polar surface area (TPSA) is 81.6 Å². The molecule has 0 aliphatic carbocycles. The van der Waals surface area contributed by atoms with Crippen LogP contribution in [0.4, 0.5) is 0 Å². The quantitative estimate of drug-likeness (QED) is 0.324. The van der Waals surface area contributed by atoms with Gasteiger partial charge >= 0.3 is 5.97 Å². The van der Waals surface area contributed by atoms with Crippen molar-refractivity contribution in [2.24, 2.45) is 0 Å². The number of likely N-dealkylation sites (N-methyl/N-ethyl adjacent to an activating group) is 1. The normalized spacial score (nSPS) is 10.6. The second-order valence-corrected chi connectivity index (χ2v) is 7.62. The van der Waals surface area contributed by atoms with E-state index < -0.39 is 5.97 Å². The summed E-state index contributed by atoms with van der Waals surface area (Å²) in [5.74, 6) is 0.130. The van der Waals surface area contributed by atoms with Crippen molar-refractivity contribution in [2.75, 3.05) is 26.5 Å². The van der Waals surface area contributed by atoms with Crippen LogP contribution in [-0.2, 0) is 27.3 Å². The Hall–Kier alpha value is -2.61. The number of amides is 1. The Morgan fingerprint density at radius 2 is 1.73 bits per heavy atom. The summed E-state index contributed by atoms with van der Waals surface area (Å²) in [4.78, 5) is 34.7. The van der Waals surface area contributed by atoms with Crippen molar-refractivity contribution in [2.45, 2.75) is 45.3 Å². The Morgan fingerprint density at radius 3 is 2.30 bits per heavy atom. The molecule has 1 amide bonds. The number of carbonyl (C=O) groups excluding carboxylic acids is 2. The molecule has 2 aromatic rings. The first-order chi connectivity index (χ1) is 14.3. The summed E-state index contributed by atoms with van der Waals surface area (Å²) in [6, 6.07) is 7.57. The van der Waals surface area contributed by atoms with Gasteiger partial charge < -0.3 is 14.4 Å². The maximum absolute atomic E-state index is 12.3. The molecule has 0 radical (unpaired) electrons. The molecular weight excluding hydrogens is 402 g/mol. The van der Waals surface area contributed by atoms with Gasteiger partial charge in [-0.3, -0.25) is 9.59 Å². The Bertz CT molecular complexity index is 848. The second-order valence-electron chi connectivity index (χ2n) is 6.85. The summed E-state index contributed by atoms with van der Waals surface area (Å²) >= 11 is 1.49. The minimum absolute atomic E-state index is 0.180. The monoisotopic (exact) mass is 431 g/mol. The number of hydrogen-bond acceptors (Lipinski definition) is 7. The van der Waals surface area contributed by atoms with Crippen LogP contribution in [0.3, 0.4) is 0 Å².